The summed E-state index contributed by atoms with van der Waals surface area (Å²) in [5.41, 5.74) is 1.96. The van der Waals surface area contributed by atoms with Gasteiger partial charge in [0.15, 0.2) is 15.7 Å². The Morgan fingerprint density at radius 2 is 1.77 bits per heavy atom. The molecular weight excluding hydrogens is 541 g/mol. The average Bonchev–Trinajstić information content (AvgIpc) is 2.87. The second-order valence-corrected chi connectivity index (χ2v) is 13.3. The van der Waals surface area contributed by atoms with Gasteiger partial charge >= 0.3 is 0 Å². The Kier molecular flexibility index (Phi) is 8.98. The predicted molar refractivity (Wildman–Crippen MR) is 154 cm³/mol. The van der Waals surface area contributed by atoms with Crippen molar-refractivity contribution in [2.45, 2.75) is 62.7 Å². The van der Waals surface area contributed by atoms with Gasteiger partial charge in [-0.05, 0) is 102 Å². The van der Waals surface area contributed by atoms with Gasteiger partial charge < -0.3 is 20.3 Å². The van der Waals surface area contributed by atoms with Crippen LogP contribution in [0.3, 0.4) is 0 Å². The zero-order valence-electron chi connectivity index (χ0n) is 22.8. The van der Waals surface area contributed by atoms with Crippen molar-refractivity contribution in [2.24, 2.45) is 0 Å². The Morgan fingerprint density at radius 1 is 1.05 bits per heavy atom. The van der Waals surface area contributed by atoms with Gasteiger partial charge in [0.25, 0.3) is 0 Å². The molecule has 0 amide bonds. The van der Waals surface area contributed by atoms with Gasteiger partial charge in [-0.25, -0.2) is 17.8 Å². The fourth-order valence-corrected chi connectivity index (χ4v) is 5.77. The molecule has 0 atom stereocenters. The topological polar surface area (TPSA) is 96.5 Å². The minimum atomic E-state index is -3.70. The number of sulfone groups is 1. The second-order valence-electron chi connectivity index (χ2n) is 10.4. The van der Waals surface area contributed by atoms with Crippen LogP contribution in [0.2, 0.25) is 5.02 Å². The fourth-order valence-electron chi connectivity index (χ4n) is 4.45. The lowest BCUT2D eigenvalue weighted by Crippen LogP contribution is -2.29. The molecule has 0 radical (unpaired) electrons. The molecule has 1 fully saturated rings. The molecule has 39 heavy (non-hydrogen) atoms. The highest BCUT2D eigenvalue weighted by atomic mass is 35.5. The van der Waals surface area contributed by atoms with Gasteiger partial charge in [-0.15, -0.1) is 0 Å². The van der Waals surface area contributed by atoms with Gasteiger partial charge in [0.1, 0.15) is 16.6 Å². The van der Waals surface area contributed by atoms with E-state index in [0.29, 0.717) is 17.4 Å². The number of rotatable bonds is 9. The van der Waals surface area contributed by atoms with E-state index in [4.69, 9.17) is 16.3 Å². The van der Waals surface area contributed by atoms with Crippen LogP contribution in [-0.4, -0.2) is 54.8 Å². The number of ether oxygens (including phenoxy) is 1. The molecule has 2 heterocycles. The monoisotopic (exact) mass is 575 g/mol. The molecule has 2 N–H and O–H groups in total. The molecule has 210 valence electrons. The summed E-state index contributed by atoms with van der Waals surface area (Å²) in [6, 6.07) is 9.58. The molecule has 1 aromatic heterocycles. The molecule has 3 aromatic rings. The number of anilines is 4. The summed E-state index contributed by atoms with van der Waals surface area (Å²) < 4.78 is 46.0. The maximum absolute atomic E-state index is 14.1. The zero-order chi connectivity index (χ0) is 28.3. The Labute approximate surface area is 234 Å². The number of likely N-dealkylation sites (tertiary alicyclic amines) is 1. The largest absolute Gasteiger partial charge is 0.489 e. The minimum Gasteiger partial charge on any atom is -0.489 e. The fraction of sp³-hybridized carbons (Fsp3) is 0.429. The van der Waals surface area contributed by atoms with E-state index in [9.17, 15) is 12.8 Å². The molecule has 1 saturated heterocycles. The molecule has 2 aromatic carbocycles. The van der Waals surface area contributed by atoms with E-state index in [2.05, 4.69) is 44.7 Å². The van der Waals surface area contributed by atoms with Gasteiger partial charge in [-0.2, -0.15) is 4.98 Å². The summed E-state index contributed by atoms with van der Waals surface area (Å²) >= 11 is 6.35. The number of benzene rings is 2. The molecule has 8 nitrogen and oxygen atoms in total. The summed E-state index contributed by atoms with van der Waals surface area (Å²) in [5.74, 6) is 0.908. The van der Waals surface area contributed by atoms with Crippen molar-refractivity contribution in [3.05, 3.63) is 59.0 Å². The molecule has 1 aliphatic rings. The van der Waals surface area contributed by atoms with E-state index in [1.54, 1.807) is 13.8 Å². The summed E-state index contributed by atoms with van der Waals surface area (Å²) in [6.07, 6.45) is 3.53. The number of nitrogens with one attached hydrogen (secondary N) is 2. The number of halogens is 2. The first-order valence-electron chi connectivity index (χ1n) is 13.0. The lowest BCUT2D eigenvalue weighted by molar-refractivity contribution is 0.241. The van der Waals surface area contributed by atoms with Gasteiger partial charge in [-0.1, -0.05) is 17.7 Å². The van der Waals surface area contributed by atoms with Crippen LogP contribution in [0.4, 0.5) is 27.5 Å². The third-order valence-electron chi connectivity index (χ3n) is 6.67. The second kappa shape index (κ2) is 12.1. The van der Waals surface area contributed by atoms with Crippen LogP contribution in [-0.2, 0) is 9.84 Å². The summed E-state index contributed by atoms with van der Waals surface area (Å²) in [7, 11) is -1.56. The van der Waals surface area contributed by atoms with Crippen LogP contribution in [0.1, 0.15) is 52.0 Å². The Morgan fingerprint density at radius 3 is 2.44 bits per heavy atom. The predicted octanol–water partition coefficient (Wildman–Crippen LogP) is 6.53. The first kappa shape index (κ1) is 29.0. The van der Waals surface area contributed by atoms with E-state index in [-0.39, 0.29) is 33.5 Å². The van der Waals surface area contributed by atoms with Crippen molar-refractivity contribution in [2.75, 3.05) is 30.8 Å². The smallest absolute Gasteiger partial charge is 0.229 e. The first-order chi connectivity index (χ1) is 18.4. The van der Waals surface area contributed by atoms with E-state index in [1.165, 1.54) is 17.8 Å². The van der Waals surface area contributed by atoms with Crippen LogP contribution in [0.5, 0.6) is 5.75 Å². The Hall–Kier alpha value is -2.95. The van der Waals surface area contributed by atoms with Crippen LogP contribution in [0.15, 0.2) is 47.5 Å². The highest BCUT2D eigenvalue weighted by molar-refractivity contribution is 7.92. The molecule has 11 heteroatoms. The maximum Gasteiger partial charge on any atom is 0.229 e. The van der Waals surface area contributed by atoms with E-state index >= 15 is 0 Å². The number of piperidine rings is 1. The molecule has 1 aliphatic heterocycles. The Bertz CT molecular complexity index is 1430. The maximum atomic E-state index is 14.1. The quantitative estimate of drug-likeness (QED) is 0.278. The van der Waals surface area contributed by atoms with Gasteiger partial charge in [0, 0.05) is 0 Å². The molecule has 0 aliphatic carbocycles. The van der Waals surface area contributed by atoms with E-state index in [1.807, 2.05) is 19.9 Å². The van der Waals surface area contributed by atoms with Crippen molar-refractivity contribution in [3.8, 4) is 5.75 Å². The SMILES string of the molecule is CC(C)Oc1cc(C2CCN(C)CC2)ccc1Nc1ncc(Cl)c(Nc2cc(F)ccc2S(=O)(=O)C(C)C)n1. The van der Waals surface area contributed by atoms with Crippen molar-refractivity contribution >= 4 is 44.6 Å². The van der Waals surface area contributed by atoms with Crippen LogP contribution >= 0.6 is 11.6 Å². The number of nitrogens with zero attached hydrogens (tertiary/aromatic N) is 3. The third-order valence-corrected chi connectivity index (χ3v) is 9.16. The molecule has 0 bridgehead atoms. The molecule has 0 unspecified atom stereocenters. The van der Waals surface area contributed by atoms with E-state index in [0.717, 1.165) is 38.1 Å². The van der Waals surface area contributed by atoms with Crippen LogP contribution in [0.25, 0.3) is 0 Å². The highest BCUT2D eigenvalue weighted by Gasteiger charge is 2.24. The van der Waals surface area contributed by atoms with Crippen molar-refractivity contribution < 1.29 is 17.5 Å². The summed E-state index contributed by atoms with van der Waals surface area (Å²) in [6.45, 7) is 9.19. The third kappa shape index (κ3) is 6.98. The molecule has 4 rings (SSSR count). The van der Waals surface area contributed by atoms with E-state index < -0.39 is 20.9 Å². The lowest BCUT2D eigenvalue weighted by atomic mass is 9.89. The van der Waals surface area contributed by atoms with Crippen LogP contribution in [0, 0.1) is 5.82 Å². The first-order valence-corrected chi connectivity index (χ1v) is 15.0. The molecule has 0 spiro atoms. The standard InChI is InChI=1S/C28H35ClFN5O3S/c1-17(2)38-25-14-20(19-10-12-35(5)13-11-19)6-8-23(25)33-28-31-16-22(29)27(34-28)32-24-15-21(30)7-9-26(24)39(36,37)18(3)4/h6-9,14-19H,10-13H2,1-5H3,(H2,31,32,33,34). The van der Waals surface area contributed by atoms with Gasteiger partial charge in [0.05, 0.1) is 33.8 Å². The average molecular weight is 576 g/mol. The normalized spacial score (nSPS) is 15.1. The zero-order valence-corrected chi connectivity index (χ0v) is 24.4. The molecule has 0 saturated carbocycles. The van der Waals surface area contributed by atoms with Crippen LogP contribution < -0.4 is 15.4 Å². The van der Waals surface area contributed by atoms with Crippen molar-refractivity contribution in [3.63, 3.8) is 0 Å². The van der Waals surface area contributed by atoms with Gasteiger partial charge in [0.2, 0.25) is 5.95 Å². The summed E-state index contributed by atoms with van der Waals surface area (Å²) in [4.78, 5) is 11.0. The minimum absolute atomic E-state index is 0.0415. The number of hydrogen-bond donors (Lipinski definition) is 2. The number of aromatic nitrogens is 2. The lowest BCUT2D eigenvalue weighted by Gasteiger charge is -2.29. The Balaban J connectivity index is 1.63. The molecular formula is C28H35ClFN5O3S. The van der Waals surface area contributed by atoms with Crippen molar-refractivity contribution in [1.82, 2.24) is 14.9 Å². The number of hydrogen-bond acceptors (Lipinski definition) is 8. The summed E-state index contributed by atoms with van der Waals surface area (Å²) in [5, 5.41) is 5.54. The highest BCUT2D eigenvalue weighted by Crippen LogP contribution is 2.36. The van der Waals surface area contributed by atoms with Gasteiger partial charge in [-0.3, -0.25) is 0 Å². The van der Waals surface area contributed by atoms with Crippen molar-refractivity contribution in [1.29, 1.82) is 0 Å².